The molecule has 0 radical (unpaired) electrons. The smallest absolute Gasteiger partial charge is 0.330 e. The van der Waals surface area contributed by atoms with Crippen LogP contribution in [0.25, 0.3) is 22.8 Å². The molecule has 2 heterocycles. The molecule has 1 aliphatic heterocycles. The predicted octanol–water partition coefficient (Wildman–Crippen LogP) is 6.25. The highest BCUT2D eigenvalue weighted by molar-refractivity contribution is 5.96. The molecule has 1 unspecified atom stereocenters. The van der Waals surface area contributed by atoms with E-state index in [2.05, 4.69) is 53.3 Å². The lowest BCUT2D eigenvalue weighted by molar-refractivity contribution is -0.139. The highest BCUT2D eigenvalue weighted by Crippen LogP contribution is 2.27. The summed E-state index contributed by atoms with van der Waals surface area (Å²) in [5.74, 6) is -0.790. The highest BCUT2D eigenvalue weighted by Gasteiger charge is 2.24. The molecule has 5 rings (SSSR count). The summed E-state index contributed by atoms with van der Waals surface area (Å²) in [5, 5.41) is 16.6. The zero-order chi connectivity index (χ0) is 28.3. The summed E-state index contributed by atoms with van der Waals surface area (Å²) >= 11 is 0. The molecule has 0 aliphatic carbocycles. The first kappa shape index (κ1) is 27.1. The van der Waals surface area contributed by atoms with Gasteiger partial charge in [0.25, 0.3) is 11.8 Å². The number of nitrogens with one attached hydrogen (secondary N) is 1. The fraction of sp³-hybridized carbons (Fsp3) is 0.312. The third kappa shape index (κ3) is 6.06. The molecule has 40 heavy (non-hydrogen) atoms. The van der Waals surface area contributed by atoms with Crippen LogP contribution in [0, 0.1) is 0 Å². The molecule has 0 saturated carbocycles. The van der Waals surface area contributed by atoms with Crippen LogP contribution in [0.2, 0.25) is 0 Å². The molecule has 4 aromatic rings. The van der Waals surface area contributed by atoms with Gasteiger partial charge in [0.2, 0.25) is 5.82 Å². The molecule has 1 amide bonds. The van der Waals surface area contributed by atoms with Gasteiger partial charge in [-0.15, -0.1) is 0 Å². The number of piperidine rings is 1. The third-order valence-electron chi connectivity index (χ3n) is 7.30. The van der Waals surface area contributed by atoms with Gasteiger partial charge < -0.3 is 19.8 Å². The summed E-state index contributed by atoms with van der Waals surface area (Å²) in [5.41, 5.74) is 4.59. The molecule has 1 saturated heterocycles. The number of rotatable bonds is 7. The molecule has 1 fully saturated rings. The van der Waals surface area contributed by atoms with Gasteiger partial charge in [0.15, 0.2) is 6.04 Å². The van der Waals surface area contributed by atoms with Gasteiger partial charge in [0.05, 0.1) is 0 Å². The van der Waals surface area contributed by atoms with Crippen molar-refractivity contribution in [2.24, 2.45) is 0 Å². The van der Waals surface area contributed by atoms with Crippen LogP contribution >= 0.6 is 0 Å². The fourth-order valence-electron chi connectivity index (χ4n) is 4.87. The van der Waals surface area contributed by atoms with E-state index in [0.29, 0.717) is 28.4 Å². The molecule has 1 aliphatic rings. The Morgan fingerprint density at radius 3 is 2.10 bits per heavy atom. The Kier molecular flexibility index (Phi) is 7.69. The number of carbonyl (C=O) groups is 2. The van der Waals surface area contributed by atoms with Crippen molar-refractivity contribution >= 4 is 17.6 Å². The van der Waals surface area contributed by atoms with Crippen LogP contribution in [0.1, 0.15) is 67.6 Å². The minimum Gasteiger partial charge on any atom is -0.479 e. The van der Waals surface area contributed by atoms with Gasteiger partial charge in [-0.2, -0.15) is 4.98 Å². The molecule has 8 heteroatoms. The molecule has 8 nitrogen and oxygen atoms in total. The lowest BCUT2D eigenvalue weighted by Gasteiger charge is -2.28. The van der Waals surface area contributed by atoms with Gasteiger partial charge >= 0.3 is 5.97 Å². The zero-order valence-electron chi connectivity index (χ0n) is 23.1. The van der Waals surface area contributed by atoms with Crippen molar-refractivity contribution in [1.82, 2.24) is 15.5 Å². The van der Waals surface area contributed by atoms with Crippen LogP contribution in [0.5, 0.6) is 0 Å². The van der Waals surface area contributed by atoms with Gasteiger partial charge in [0.1, 0.15) is 0 Å². The van der Waals surface area contributed by atoms with Crippen molar-refractivity contribution in [3.05, 3.63) is 89.5 Å². The monoisotopic (exact) mass is 538 g/mol. The van der Waals surface area contributed by atoms with Crippen molar-refractivity contribution < 1.29 is 19.2 Å². The largest absolute Gasteiger partial charge is 0.479 e. The van der Waals surface area contributed by atoms with Gasteiger partial charge in [-0.05, 0) is 72.2 Å². The standard InChI is InChI=1S/C32H34N4O4/c1-32(2,3)25-15-11-23(12-16-25)29(37)33-27(31(38)39)21-7-9-22(10-8-21)28-34-30(40-35-28)24-13-17-26(18-14-24)36-19-5-4-6-20-36/h7-18,27H,4-6,19-20H2,1-3H3,(H,33,37)(H,38,39). The van der Waals surface area contributed by atoms with Gasteiger partial charge in [-0.3, -0.25) is 4.79 Å². The molecule has 206 valence electrons. The Hall–Kier alpha value is -4.46. The van der Waals surface area contributed by atoms with E-state index in [1.54, 1.807) is 36.4 Å². The number of nitrogens with zero attached hydrogens (tertiary/aromatic N) is 3. The number of aliphatic carboxylic acids is 1. The Morgan fingerprint density at radius 2 is 1.50 bits per heavy atom. The quantitative estimate of drug-likeness (QED) is 0.286. The van der Waals surface area contributed by atoms with E-state index >= 15 is 0 Å². The van der Waals surface area contributed by atoms with E-state index in [9.17, 15) is 14.7 Å². The Morgan fingerprint density at radius 1 is 0.875 bits per heavy atom. The van der Waals surface area contributed by atoms with E-state index < -0.39 is 17.9 Å². The normalized spacial score (nSPS) is 14.5. The van der Waals surface area contributed by atoms with Gasteiger partial charge in [0, 0.05) is 35.5 Å². The minimum atomic E-state index is -1.21. The van der Waals surface area contributed by atoms with Gasteiger partial charge in [-0.25, -0.2) is 4.79 Å². The van der Waals surface area contributed by atoms with Crippen molar-refractivity contribution in [3.63, 3.8) is 0 Å². The van der Waals surface area contributed by atoms with E-state index in [-0.39, 0.29) is 5.41 Å². The molecular weight excluding hydrogens is 504 g/mol. The Bertz CT molecular complexity index is 1460. The van der Waals surface area contributed by atoms with Crippen LogP contribution in [-0.2, 0) is 10.2 Å². The molecule has 3 aromatic carbocycles. The number of aromatic nitrogens is 2. The summed E-state index contributed by atoms with van der Waals surface area (Å²) in [4.78, 5) is 31.8. The number of carbonyl (C=O) groups excluding carboxylic acids is 1. The van der Waals surface area contributed by atoms with Crippen LogP contribution in [0.4, 0.5) is 5.69 Å². The first-order valence-corrected chi connectivity index (χ1v) is 13.6. The van der Waals surface area contributed by atoms with E-state index in [1.807, 2.05) is 24.3 Å². The third-order valence-corrected chi connectivity index (χ3v) is 7.30. The van der Waals surface area contributed by atoms with E-state index in [1.165, 1.54) is 24.9 Å². The lowest BCUT2D eigenvalue weighted by Crippen LogP contribution is -2.33. The van der Waals surface area contributed by atoms with Crippen LogP contribution in [-0.4, -0.2) is 40.2 Å². The zero-order valence-corrected chi connectivity index (χ0v) is 23.1. The molecule has 2 N–H and O–H groups in total. The topological polar surface area (TPSA) is 109 Å². The first-order chi connectivity index (χ1) is 19.2. The number of amides is 1. The Labute approximate surface area is 234 Å². The second-order valence-corrected chi connectivity index (χ2v) is 11.2. The van der Waals surface area contributed by atoms with E-state index in [0.717, 1.165) is 24.2 Å². The van der Waals surface area contributed by atoms with E-state index in [4.69, 9.17) is 4.52 Å². The Balaban J connectivity index is 1.27. The van der Waals surface area contributed by atoms with Crippen molar-refractivity contribution in [1.29, 1.82) is 0 Å². The summed E-state index contributed by atoms with van der Waals surface area (Å²) < 4.78 is 5.51. The van der Waals surface area contributed by atoms with Crippen LogP contribution in [0.15, 0.2) is 77.3 Å². The summed E-state index contributed by atoms with van der Waals surface area (Å²) in [6.45, 7) is 8.44. The molecular formula is C32H34N4O4. The summed E-state index contributed by atoms with van der Waals surface area (Å²) in [7, 11) is 0. The minimum absolute atomic E-state index is 0.0444. The molecule has 1 aromatic heterocycles. The summed E-state index contributed by atoms with van der Waals surface area (Å²) in [6, 6.07) is 20.9. The maximum Gasteiger partial charge on any atom is 0.330 e. The molecule has 0 bridgehead atoms. The number of carboxylic acids is 1. The second kappa shape index (κ2) is 11.3. The fourth-order valence-corrected chi connectivity index (χ4v) is 4.87. The number of hydrogen-bond acceptors (Lipinski definition) is 6. The van der Waals surface area contributed by atoms with Crippen LogP contribution in [0.3, 0.4) is 0 Å². The van der Waals surface area contributed by atoms with Crippen molar-refractivity contribution in [3.8, 4) is 22.8 Å². The average Bonchev–Trinajstić information content (AvgIpc) is 3.46. The summed E-state index contributed by atoms with van der Waals surface area (Å²) in [6.07, 6.45) is 3.73. The number of anilines is 1. The van der Waals surface area contributed by atoms with Crippen molar-refractivity contribution in [2.75, 3.05) is 18.0 Å². The SMILES string of the molecule is CC(C)(C)c1ccc(C(=O)NC(C(=O)O)c2ccc(-c3noc(-c4ccc(N5CCCCC5)cc4)n3)cc2)cc1. The molecule has 0 spiro atoms. The second-order valence-electron chi connectivity index (χ2n) is 11.2. The average molecular weight is 539 g/mol. The molecule has 1 atom stereocenters. The highest BCUT2D eigenvalue weighted by atomic mass is 16.5. The first-order valence-electron chi connectivity index (χ1n) is 13.6. The number of hydrogen-bond donors (Lipinski definition) is 2. The predicted molar refractivity (Wildman–Crippen MR) is 154 cm³/mol. The maximum absolute atomic E-state index is 12.8. The van der Waals surface area contributed by atoms with Crippen LogP contribution < -0.4 is 10.2 Å². The number of carboxylic acid groups (broad SMARTS) is 1. The lowest BCUT2D eigenvalue weighted by atomic mass is 9.86. The number of benzene rings is 3. The maximum atomic E-state index is 12.8. The van der Waals surface area contributed by atoms with Gasteiger partial charge in [-0.1, -0.05) is 62.3 Å². The van der Waals surface area contributed by atoms with Crippen molar-refractivity contribution in [2.45, 2.75) is 51.5 Å².